The van der Waals surface area contributed by atoms with Crippen LogP contribution in [0.15, 0.2) is 17.6 Å². The Hall–Kier alpha value is -3.21. The molecule has 2 aliphatic rings. The molecule has 2 rings (SSSR count). The van der Waals surface area contributed by atoms with E-state index in [0.717, 1.165) is 51.2 Å². The first kappa shape index (κ1) is 44.0. The summed E-state index contributed by atoms with van der Waals surface area (Å²) in [7, 11) is 1.73. The molecule has 12 nitrogen and oxygen atoms in total. The highest BCUT2D eigenvalue weighted by Gasteiger charge is 2.49. The molecule has 286 valence electrons. The molecular weight excluding hydrogens is 669 g/mol. The van der Waals surface area contributed by atoms with Gasteiger partial charge < -0.3 is 25.4 Å². The molecule has 1 heterocycles. The van der Waals surface area contributed by atoms with Gasteiger partial charge in [-0.25, -0.2) is 9.79 Å². The average Bonchev–Trinajstić information content (AvgIpc) is 3.52. The number of allylic oxidation sites excluding steroid dienone is 1. The molecular formula is C38H62N6O6S. The van der Waals surface area contributed by atoms with Crippen molar-refractivity contribution >= 4 is 47.1 Å². The molecule has 2 unspecified atom stereocenters. The number of rotatable bonds is 17. The minimum absolute atomic E-state index is 0.0164. The lowest BCUT2D eigenvalue weighted by atomic mass is 9.70. The van der Waals surface area contributed by atoms with Crippen LogP contribution < -0.4 is 16.0 Å². The summed E-state index contributed by atoms with van der Waals surface area (Å²) < 4.78 is 13.8. The van der Waals surface area contributed by atoms with E-state index in [9.17, 15) is 28.5 Å². The highest BCUT2D eigenvalue weighted by Crippen LogP contribution is 2.41. The first-order valence-electron chi connectivity index (χ1n) is 18.3. The smallest absolute Gasteiger partial charge is 0.315 e. The quantitative estimate of drug-likeness (QED) is 0.0876. The van der Waals surface area contributed by atoms with Crippen LogP contribution in [0.1, 0.15) is 106 Å². The van der Waals surface area contributed by atoms with Gasteiger partial charge in [0.2, 0.25) is 17.6 Å². The highest BCUT2D eigenvalue weighted by molar-refractivity contribution is 7.88. The molecule has 51 heavy (non-hydrogen) atoms. The number of hydrogen-bond donors (Lipinski definition) is 3. The van der Waals surface area contributed by atoms with Crippen LogP contribution in [-0.4, -0.2) is 100 Å². The number of aliphatic imine (C=N–C) groups is 1. The molecule has 0 aromatic carbocycles. The van der Waals surface area contributed by atoms with Gasteiger partial charge in [-0.3, -0.25) is 19.2 Å². The molecule has 1 saturated carbocycles. The largest absolute Gasteiger partial charge is 0.598 e. The summed E-state index contributed by atoms with van der Waals surface area (Å²) in [5.74, 6) is -0.104. The zero-order chi connectivity index (χ0) is 38.5. The Balaban J connectivity index is 2.51. The molecule has 1 saturated heterocycles. The Labute approximate surface area is 309 Å². The number of amides is 5. The van der Waals surface area contributed by atoms with Crippen LogP contribution in [0.3, 0.4) is 0 Å². The second-order valence-electron chi connectivity index (χ2n) is 15.5. The number of ketones is 1. The summed E-state index contributed by atoms with van der Waals surface area (Å²) in [4.78, 5) is 73.6. The van der Waals surface area contributed by atoms with E-state index in [4.69, 9.17) is 6.42 Å². The van der Waals surface area contributed by atoms with Gasteiger partial charge in [-0.2, -0.15) is 0 Å². The third kappa shape index (κ3) is 12.5. The van der Waals surface area contributed by atoms with E-state index in [1.54, 1.807) is 22.5 Å². The Morgan fingerprint density at radius 1 is 1.12 bits per heavy atom. The third-order valence-electron chi connectivity index (χ3n) is 10.8. The molecule has 0 radical (unpaired) electrons. The Morgan fingerprint density at radius 2 is 1.75 bits per heavy atom. The molecule has 6 atom stereocenters. The van der Waals surface area contributed by atoms with Gasteiger partial charge in [0, 0.05) is 37.6 Å². The molecule has 2 fully saturated rings. The average molecular weight is 731 g/mol. The number of nitrogens with one attached hydrogen (secondary N) is 3. The summed E-state index contributed by atoms with van der Waals surface area (Å²) in [6, 6.07) is -3.97. The molecule has 0 aromatic rings. The second kappa shape index (κ2) is 20.1. The Bertz CT molecular complexity index is 1300. The molecule has 0 aromatic heterocycles. The number of urea groups is 1. The van der Waals surface area contributed by atoms with Crippen molar-refractivity contribution in [3.63, 3.8) is 0 Å². The van der Waals surface area contributed by atoms with Crippen LogP contribution in [0.4, 0.5) is 4.79 Å². The van der Waals surface area contributed by atoms with Crippen molar-refractivity contribution in [1.82, 2.24) is 25.2 Å². The SMILES string of the molecule is C#CCCC(NC(=O)[C@@H]1C[C@@H](C(CC)CC)CN1C(=O)[C@@H](NC(=O)N[C@H](CN(C)[S+](C)[O-])C(C)(C)C)C1(C)CCCCC1)C(=O)C(=O)/N=C/C=C. The van der Waals surface area contributed by atoms with E-state index < -0.39 is 58.5 Å². The van der Waals surface area contributed by atoms with E-state index in [1.165, 1.54) is 6.08 Å². The molecule has 1 aliphatic carbocycles. The van der Waals surface area contributed by atoms with E-state index >= 15 is 0 Å². The van der Waals surface area contributed by atoms with E-state index in [2.05, 4.69) is 47.3 Å². The van der Waals surface area contributed by atoms with Crippen molar-refractivity contribution in [3.8, 4) is 12.3 Å². The number of Topliss-reactive ketones (excluding diaryl/α,β-unsaturated/α-hetero) is 1. The zero-order valence-corrected chi connectivity index (χ0v) is 32.9. The molecule has 5 amide bonds. The van der Waals surface area contributed by atoms with Crippen molar-refractivity contribution in [1.29, 1.82) is 0 Å². The van der Waals surface area contributed by atoms with Crippen molar-refractivity contribution in [2.75, 3.05) is 26.4 Å². The lowest BCUT2D eigenvalue weighted by Gasteiger charge is -2.43. The first-order valence-corrected chi connectivity index (χ1v) is 19.8. The number of hydrogen-bond acceptors (Lipinski definition) is 7. The summed E-state index contributed by atoms with van der Waals surface area (Å²) >= 11 is -1.24. The van der Waals surface area contributed by atoms with Gasteiger partial charge in [0.05, 0.1) is 18.6 Å². The van der Waals surface area contributed by atoms with Crippen molar-refractivity contribution < 1.29 is 28.5 Å². The fraction of sp³-hybridized carbons (Fsp3) is 0.737. The van der Waals surface area contributed by atoms with Gasteiger partial charge in [-0.15, -0.1) is 16.6 Å². The summed E-state index contributed by atoms with van der Waals surface area (Å²) in [5, 5.41) is 8.85. The predicted molar refractivity (Wildman–Crippen MR) is 203 cm³/mol. The van der Waals surface area contributed by atoms with Gasteiger partial charge in [0.15, 0.2) is 0 Å². The maximum absolute atomic E-state index is 14.9. The second-order valence-corrected chi connectivity index (χ2v) is 17.0. The van der Waals surface area contributed by atoms with Gasteiger partial charge in [-0.05, 0) is 48.3 Å². The van der Waals surface area contributed by atoms with E-state index in [0.29, 0.717) is 19.5 Å². The van der Waals surface area contributed by atoms with Crippen LogP contribution in [0.2, 0.25) is 0 Å². The van der Waals surface area contributed by atoms with Crippen molar-refractivity contribution in [3.05, 3.63) is 12.7 Å². The minimum Gasteiger partial charge on any atom is -0.598 e. The van der Waals surface area contributed by atoms with Gasteiger partial charge in [-0.1, -0.05) is 86.3 Å². The number of nitrogens with zero attached hydrogens (tertiary/aromatic N) is 3. The number of carbonyl (C=O) groups is 5. The van der Waals surface area contributed by atoms with Crippen LogP contribution >= 0.6 is 0 Å². The van der Waals surface area contributed by atoms with Crippen molar-refractivity contribution in [2.45, 2.75) is 130 Å². The van der Waals surface area contributed by atoms with Gasteiger partial charge in [0.25, 0.3) is 0 Å². The molecule has 0 bridgehead atoms. The monoisotopic (exact) mass is 730 g/mol. The summed E-state index contributed by atoms with van der Waals surface area (Å²) in [5.41, 5.74) is -0.952. The fourth-order valence-electron chi connectivity index (χ4n) is 7.33. The Morgan fingerprint density at radius 3 is 2.27 bits per heavy atom. The zero-order valence-electron chi connectivity index (χ0n) is 32.1. The van der Waals surface area contributed by atoms with Crippen LogP contribution in [0, 0.1) is 35.0 Å². The fourth-order valence-corrected chi connectivity index (χ4v) is 7.69. The standard InChI is InChI=1S/C38H62N6O6S/c1-11-15-19-28(31(45)34(47)39-22-12-2)40-33(46)29-23-27(26(13-3)14-4)24-44(29)35(48)32(38(8)20-17-16-18-21-38)42-36(49)41-30(37(5,6)7)25-43(9)51(10)50/h1,12,22,26-30,32H,2,13-21,23-25H2,3-10H3,(H,40,46)(H2,41,42,49)/b39-22+/t27-,28?,29+,30-,32-,51?/m1/s1. The topological polar surface area (TPSA) is 163 Å². The Kier molecular flexibility index (Phi) is 17.4. The highest BCUT2D eigenvalue weighted by atomic mass is 32.2. The van der Waals surface area contributed by atoms with Crippen LogP contribution in [0.5, 0.6) is 0 Å². The summed E-state index contributed by atoms with van der Waals surface area (Å²) in [6.45, 7) is 16.3. The van der Waals surface area contributed by atoms with Crippen LogP contribution in [0.25, 0.3) is 0 Å². The lowest BCUT2D eigenvalue weighted by molar-refractivity contribution is -0.144. The van der Waals surface area contributed by atoms with E-state index in [-0.39, 0.29) is 42.0 Å². The predicted octanol–water partition coefficient (Wildman–Crippen LogP) is 4.17. The van der Waals surface area contributed by atoms with Gasteiger partial charge >= 0.3 is 11.9 Å². The maximum atomic E-state index is 14.9. The number of terminal acetylenes is 1. The lowest BCUT2D eigenvalue weighted by Crippen LogP contribution is -2.63. The number of likely N-dealkylation sites (N-methyl/N-ethyl adjacent to an activating group) is 1. The summed E-state index contributed by atoms with van der Waals surface area (Å²) in [6.07, 6.45) is 16.0. The third-order valence-corrected chi connectivity index (χ3v) is 11.8. The minimum atomic E-state index is -1.24. The van der Waals surface area contributed by atoms with Crippen LogP contribution in [-0.2, 0) is 30.5 Å². The first-order chi connectivity index (χ1) is 23.9. The molecule has 1 aliphatic heterocycles. The van der Waals surface area contributed by atoms with E-state index in [1.807, 2.05) is 27.7 Å². The molecule has 3 N–H and O–H groups in total. The van der Waals surface area contributed by atoms with Gasteiger partial charge in [0.1, 0.15) is 18.3 Å². The number of carbonyl (C=O) groups excluding carboxylic acids is 5. The number of likely N-dealkylation sites (tertiary alicyclic amines) is 1. The molecule has 13 heteroatoms. The molecule has 0 spiro atoms. The van der Waals surface area contributed by atoms with Crippen molar-refractivity contribution in [2.24, 2.45) is 27.7 Å². The maximum Gasteiger partial charge on any atom is 0.315 e. The normalized spacial score (nSPS) is 21.4.